The minimum absolute atomic E-state index is 0.225. The second kappa shape index (κ2) is 4.35. The summed E-state index contributed by atoms with van der Waals surface area (Å²) >= 11 is 0. The number of halogens is 1. The van der Waals surface area contributed by atoms with Crippen LogP contribution in [0.3, 0.4) is 0 Å². The van der Waals surface area contributed by atoms with Gasteiger partial charge in [0.15, 0.2) is 0 Å². The topological polar surface area (TPSA) is 29.9 Å². The van der Waals surface area contributed by atoms with Crippen molar-refractivity contribution in [3.8, 4) is 0 Å². The van der Waals surface area contributed by atoms with Gasteiger partial charge in [0.1, 0.15) is 11.6 Å². The van der Waals surface area contributed by atoms with Gasteiger partial charge in [0.2, 0.25) is 0 Å². The van der Waals surface area contributed by atoms with Crippen molar-refractivity contribution >= 4 is 11.0 Å². The van der Waals surface area contributed by atoms with Crippen LogP contribution < -0.4 is 5.32 Å². The van der Waals surface area contributed by atoms with E-state index >= 15 is 0 Å². The Labute approximate surface area is 106 Å². The number of imidazole rings is 1. The molecule has 18 heavy (non-hydrogen) atoms. The number of fused-ring (bicyclic) bond motifs is 1. The molecule has 0 bridgehead atoms. The van der Waals surface area contributed by atoms with E-state index in [2.05, 4.69) is 21.8 Å². The second-order valence-electron chi connectivity index (χ2n) is 5.21. The van der Waals surface area contributed by atoms with Crippen LogP contribution >= 0.6 is 0 Å². The highest BCUT2D eigenvalue weighted by molar-refractivity contribution is 5.76. The van der Waals surface area contributed by atoms with Gasteiger partial charge in [-0.05, 0) is 37.4 Å². The molecule has 4 heteroatoms. The molecule has 0 spiro atoms. The van der Waals surface area contributed by atoms with E-state index in [1.807, 2.05) is 7.05 Å². The zero-order valence-corrected chi connectivity index (χ0v) is 10.8. The normalized spacial score (nSPS) is 24.6. The molecular formula is C14H18FN3. The Hall–Kier alpha value is -1.42. The first-order valence-corrected chi connectivity index (χ1v) is 6.52. The van der Waals surface area contributed by atoms with Gasteiger partial charge in [-0.1, -0.05) is 6.92 Å². The summed E-state index contributed by atoms with van der Waals surface area (Å²) in [6.45, 7) is 3.28. The fourth-order valence-electron chi connectivity index (χ4n) is 2.86. The van der Waals surface area contributed by atoms with Crippen molar-refractivity contribution in [1.29, 1.82) is 0 Å². The highest BCUT2D eigenvalue weighted by Crippen LogP contribution is 2.30. The molecule has 3 nitrogen and oxygen atoms in total. The Morgan fingerprint density at radius 2 is 2.28 bits per heavy atom. The lowest BCUT2D eigenvalue weighted by atomic mass is 9.92. The van der Waals surface area contributed by atoms with Gasteiger partial charge in [-0.25, -0.2) is 9.37 Å². The third kappa shape index (κ3) is 1.81. The van der Waals surface area contributed by atoms with Crippen LogP contribution in [0.25, 0.3) is 11.0 Å². The summed E-state index contributed by atoms with van der Waals surface area (Å²) in [5.74, 6) is 1.36. The number of piperidine rings is 1. The minimum Gasteiger partial charge on any atom is -0.330 e. The Kier molecular flexibility index (Phi) is 2.82. The second-order valence-corrected chi connectivity index (χ2v) is 5.21. The van der Waals surface area contributed by atoms with Crippen LogP contribution in [-0.4, -0.2) is 16.1 Å². The lowest BCUT2D eigenvalue weighted by Gasteiger charge is -2.29. The Bertz CT molecular complexity index is 576. The molecule has 2 aromatic rings. The van der Waals surface area contributed by atoms with Gasteiger partial charge in [-0.3, -0.25) is 0 Å². The third-order valence-corrected chi connectivity index (χ3v) is 3.93. The van der Waals surface area contributed by atoms with E-state index < -0.39 is 0 Å². The quantitative estimate of drug-likeness (QED) is 0.839. The average Bonchev–Trinajstić information content (AvgIpc) is 2.67. The van der Waals surface area contributed by atoms with Crippen LogP contribution in [-0.2, 0) is 7.05 Å². The summed E-state index contributed by atoms with van der Waals surface area (Å²) in [5.41, 5.74) is 1.73. The molecule has 1 aliphatic rings. The molecule has 0 aliphatic carbocycles. The van der Waals surface area contributed by atoms with E-state index in [-0.39, 0.29) is 11.9 Å². The number of hydrogen-bond donors (Lipinski definition) is 1. The number of nitrogens with zero attached hydrogens (tertiary/aromatic N) is 2. The summed E-state index contributed by atoms with van der Waals surface area (Å²) < 4.78 is 15.3. The van der Waals surface area contributed by atoms with Crippen molar-refractivity contribution in [3.63, 3.8) is 0 Å². The molecule has 3 rings (SSSR count). The van der Waals surface area contributed by atoms with Gasteiger partial charge < -0.3 is 9.88 Å². The standard InChI is InChI=1S/C14H18FN3/c1-9-4-3-7-16-13(9)14-17-11-8-10(15)5-6-12(11)18(14)2/h5-6,8-9,13,16H,3-4,7H2,1-2H3. The van der Waals surface area contributed by atoms with Gasteiger partial charge >= 0.3 is 0 Å². The fourth-order valence-corrected chi connectivity index (χ4v) is 2.86. The molecule has 1 aliphatic heterocycles. The summed E-state index contributed by atoms with van der Waals surface area (Å²) in [6, 6.07) is 5.08. The minimum atomic E-state index is -0.225. The van der Waals surface area contributed by atoms with E-state index in [9.17, 15) is 4.39 Å². The van der Waals surface area contributed by atoms with E-state index in [1.165, 1.54) is 25.0 Å². The monoisotopic (exact) mass is 247 g/mol. The first kappa shape index (κ1) is 11.7. The van der Waals surface area contributed by atoms with E-state index in [0.29, 0.717) is 5.92 Å². The first-order valence-electron chi connectivity index (χ1n) is 6.52. The van der Waals surface area contributed by atoms with Gasteiger partial charge in [-0.2, -0.15) is 0 Å². The molecule has 2 atom stereocenters. The van der Waals surface area contributed by atoms with Crippen LogP contribution in [0.5, 0.6) is 0 Å². The summed E-state index contributed by atoms with van der Waals surface area (Å²) in [6.07, 6.45) is 2.44. The van der Waals surface area contributed by atoms with Crippen molar-refractivity contribution in [2.45, 2.75) is 25.8 Å². The van der Waals surface area contributed by atoms with Crippen molar-refractivity contribution in [3.05, 3.63) is 29.8 Å². The molecule has 2 unspecified atom stereocenters. The molecule has 1 saturated heterocycles. The van der Waals surface area contributed by atoms with Crippen molar-refractivity contribution in [2.75, 3.05) is 6.54 Å². The SMILES string of the molecule is CC1CCCNC1c1nc2cc(F)ccc2n1C. The fraction of sp³-hybridized carbons (Fsp3) is 0.500. The molecule has 2 heterocycles. The predicted octanol–water partition coefficient (Wildman–Crippen LogP) is 2.77. The zero-order valence-electron chi connectivity index (χ0n) is 10.8. The maximum atomic E-state index is 13.2. The van der Waals surface area contributed by atoms with Crippen LogP contribution in [0.1, 0.15) is 31.6 Å². The van der Waals surface area contributed by atoms with Crippen LogP contribution in [0, 0.1) is 11.7 Å². The summed E-state index contributed by atoms with van der Waals surface area (Å²) in [7, 11) is 2.01. The molecular weight excluding hydrogens is 229 g/mol. The Morgan fingerprint density at radius 3 is 3.06 bits per heavy atom. The number of aromatic nitrogens is 2. The molecule has 96 valence electrons. The number of hydrogen-bond acceptors (Lipinski definition) is 2. The molecule has 1 aromatic heterocycles. The van der Waals surface area contributed by atoms with Crippen molar-refractivity contribution in [1.82, 2.24) is 14.9 Å². The predicted molar refractivity (Wildman–Crippen MR) is 69.8 cm³/mol. The smallest absolute Gasteiger partial charge is 0.127 e. The van der Waals surface area contributed by atoms with Gasteiger partial charge in [0, 0.05) is 13.1 Å². The lowest BCUT2D eigenvalue weighted by Crippen LogP contribution is -2.34. The van der Waals surface area contributed by atoms with Gasteiger partial charge in [0.25, 0.3) is 0 Å². The van der Waals surface area contributed by atoms with Crippen molar-refractivity contribution < 1.29 is 4.39 Å². The molecule has 1 fully saturated rings. The van der Waals surface area contributed by atoms with E-state index in [4.69, 9.17) is 0 Å². The summed E-state index contributed by atoms with van der Waals surface area (Å²) in [4.78, 5) is 4.61. The van der Waals surface area contributed by atoms with Crippen LogP contribution in [0.2, 0.25) is 0 Å². The highest BCUT2D eigenvalue weighted by Gasteiger charge is 2.26. The third-order valence-electron chi connectivity index (χ3n) is 3.93. The molecule has 1 aromatic carbocycles. The van der Waals surface area contributed by atoms with E-state index in [0.717, 1.165) is 23.4 Å². The Morgan fingerprint density at radius 1 is 1.44 bits per heavy atom. The van der Waals surface area contributed by atoms with Gasteiger partial charge in [0.05, 0.1) is 17.1 Å². The van der Waals surface area contributed by atoms with Gasteiger partial charge in [-0.15, -0.1) is 0 Å². The zero-order chi connectivity index (χ0) is 12.7. The molecule has 0 amide bonds. The number of nitrogens with one attached hydrogen (secondary N) is 1. The summed E-state index contributed by atoms with van der Waals surface area (Å²) in [5, 5.41) is 3.52. The molecule has 1 N–H and O–H groups in total. The first-order chi connectivity index (χ1) is 8.66. The highest BCUT2D eigenvalue weighted by atomic mass is 19.1. The number of rotatable bonds is 1. The van der Waals surface area contributed by atoms with Crippen LogP contribution in [0.15, 0.2) is 18.2 Å². The average molecular weight is 247 g/mol. The molecule has 0 radical (unpaired) electrons. The lowest BCUT2D eigenvalue weighted by molar-refractivity contribution is 0.291. The number of benzene rings is 1. The maximum Gasteiger partial charge on any atom is 0.127 e. The number of aryl methyl sites for hydroxylation is 1. The van der Waals surface area contributed by atoms with E-state index in [1.54, 1.807) is 6.07 Å². The Balaban J connectivity index is 2.08. The molecule has 0 saturated carbocycles. The van der Waals surface area contributed by atoms with Crippen LogP contribution in [0.4, 0.5) is 4.39 Å². The maximum absolute atomic E-state index is 13.2. The van der Waals surface area contributed by atoms with Crippen molar-refractivity contribution in [2.24, 2.45) is 13.0 Å². The largest absolute Gasteiger partial charge is 0.330 e.